The Morgan fingerprint density at radius 3 is 2.76 bits per heavy atom. The lowest BCUT2D eigenvalue weighted by molar-refractivity contribution is -0.190. The molecule has 0 radical (unpaired) electrons. The van der Waals surface area contributed by atoms with E-state index in [4.69, 9.17) is 9.47 Å². The Labute approximate surface area is 147 Å². The van der Waals surface area contributed by atoms with Crippen LogP contribution in [0.25, 0.3) is 0 Å². The average Bonchev–Trinajstić information content (AvgIpc) is 3.13. The molecule has 3 heterocycles. The fourth-order valence-corrected chi connectivity index (χ4v) is 4.16. The van der Waals surface area contributed by atoms with Crippen LogP contribution in [0.1, 0.15) is 33.6 Å². The molecule has 7 heteroatoms. The van der Waals surface area contributed by atoms with E-state index in [1.807, 2.05) is 6.08 Å². The Morgan fingerprint density at radius 1 is 1.40 bits per heavy atom. The smallest absolute Gasteiger partial charge is 0.341 e. The van der Waals surface area contributed by atoms with E-state index < -0.39 is 29.6 Å². The molecule has 0 bridgehead atoms. The Morgan fingerprint density at radius 2 is 2.12 bits per heavy atom. The highest BCUT2D eigenvalue weighted by molar-refractivity contribution is 5.83. The monoisotopic (exact) mass is 353 g/mol. The van der Waals surface area contributed by atoms with Crippen LogP contribution < -0.4 is 0 Å². The second-order valence-corrected chi connectivity index (χ2v) is 7.55. The van der Waals surface area contributed by atoms with Crippen LogP contribution in [-0.2, 0) is 19.1 Å². The lowest BCUT2D eigenvalue weighted by Crippen LogP contribution is -2.56. The van der Waals surface area contributed by atoms with Gasteiger partial charge < -0.3 is 19.7 Å². The summed E-state index contributed by atoms with van der Waals surface area (Å²) in [6, 6.07) is -0.0884. The maximum atomic E-state index is 12.8. The molecule has 0 spiro atoms. The summed E-state index contributed by atoms with van der Waals surface area (Å²) in [5.74, 6) is -2.76. The highest BCUT2D eigenvalue weighted by Gasteiger charge is 2.52. The van der Waals surface area contributed by atoms with Gasteiger partial charge in [-0.3, -0.25) is 9.69 Å². The van der Waals surface area contributed by atoms with E-state index in [-0.39, 0.29) is 31.1 Å². The van der Waals surface area contributed by atoms with E-state index in [0.717, 1.165) is 18.7 Å². The molecule has 0 unspecified atom stereocenters. The highest BCUT2D eigenvalue weighted by atomic mass is 16.6. The summed E-state index contributed by atoms with van der Waals surface area (Å²) in [5.41, 5.74) is -1.24. The van der Waals surface area contributed by atoms with Crippen molar-refractivity contribution in [3.63, 3.8) is 0 Å². The molecule has 3 aliphatic rings. The van der Waals surface area contributed by atoms with Crippen molar-refractivity contribution < 1.29 is 29.3 Å². The van der Waals surface area contributed by atoms with Crippen molar-refractivity contribution >= 4 is 11.9 Å². The van der Waals surface area contributed by atoms with Gasteiger partial charge in [0.2, 0.25) is 0 Å². The predicted octanol–water partition coefficient (Wildman–Crippen LogP) is 0.243. The second kappa shape index (κ2) is 6.70. The zero-order chi connectivity index (χ0) is 18.4. The third-order valence-corrected chi connectivity index (χ3v) is 5.76. The fourth-order valence-electron chi connectivity index (χ4n) is 4.16. The molecule has 0 aromatic carbocycles. The molecule has 7 nitrogen and oxygen atoms in total. The molecular formula is C18H27NO6. The summed E-state index contributed by atoms with van der Waals surface area (Å²) < 4.78 is 11.1. The summed E-state index contributed by atoms with van der Waals surface area (Å²) in [7, 11) is 0. The molecule has 2 N–H and O–H groups in total. The first-order valence-corrected chi connectivity index (χ1v) is 9.00. The molecule has 140 valence electrons. The summed E-state index contributed by atoms with van der Waals surface area (Å²) in [4.78, 5) is 27.5. The molecule has 0 aromatic rings. The number of aliphatic hydroxyl groups excluding tert-OH is 1. The molecule has 0 aliphatic carbocycles. The van der Waals surface area contributed by atoms with Crippen LogP contribution in [0.5, 0.6) is 0 Å². The maximum Gasteiger partial charge on any atom is 0.341 e. The molecule has 3 aliphatic heterocycles. The largest absolute Gasteiger partial charge is 0.460 e. The Balaban J connectivity index is 1.98. The average molecular weight is 353 g/mol. The minimum absolute atomic E-state index is 0.0371. The summed E-state index contributed by atoms with van der Waals surface area (Å²) in [6.07, 6.45) is 0.738. The van der Waals surface area contributed by atoms with Gasteiger partial charge in [-0.05, 0) is 24.3 Å². The van der Waals surface area contributed by atoms with Crippen LogP contribution in [0.4, 0.5) is 0 Å². The number of aliphatic hydroxyl groups is 2. The van der Waals surface area contributed by atoms with Crippen LogP contribution in [0.3, 0.4) is 0 Å². The normalized spacial score (nSPS) is 39.5. The zero-order valence-corrected chi connectivity index (χ0v) is 15.0. The van der Waals surface area contributed by atoms with Gasteiger partial charge in [-0.15, -0.1) is 0 Å². The van der Waals surface area contributed by atoms with Crippen molar-refractivity contribution in [3.05, 3.63) is 11.6 Å². The molecule has 0 aromatic heterocycles. The van der Waals surface area contributed by atoms with Gasteiger partial charge in [0.25, 0.3) is 0 Å². The molecule has 3 rings (SSSR count). The lowest BCUT2D eigenvalue weighted by Gasteiger charge is -2.35. The first-order chi connectivity index (χ1) is 11.8. The maximum absolute atomic E-state index is 12.8. The van der Waals surface area contributed by atoms with Crippen molar-refractivity contribution in [1.82, 2.24) is 4.90 Å². The number of hydrogen-bond donors (Lipinski definition) is 2. The first kappa shape index (κ1) is 18.4. The summed E-state index contributed by atoms with van der Waals surface area (Å²) in [5, 5.41) is 21.5. The van der Waals surface area contributed by atoms with Gasteiger partial charge in [0, 0.05) is 13.1 Å². The standard InChI is InChI=1S/C18H27NO6/c1-4-18(23)15(20)13(10(2)3)16(21)25-12-6-8-19-7-5-11(14(12)19)9-24-17(18)22/h5,10,12-15,20,23H,4,6-9H2,1-3H3/t12-,13-,14+,15+,18+/m1/s1. The van der Waals surface area contributed by atoms with Gasteiger partial charge in [-0.1, -0.05) is 26.8 Å². The Kier molecular flexibility index (Phi) is 4.92. The van der Waals surface area contributed by atoms with E-state index >= 15 is 0 Å². The molecule has 2 fully saturated rings. The van der Waals surface area contributed by atoms with Gasteiger partial charge in [0.05, 0.1) is 12.0 Å². The van der Waals surface area contributed by atoms with E-state index in [1.165, 1.54) is 0 Å². The van der Waals surface area contributed by atoms with Crippen LogP contribution >= 0.6 is 0 Å². The van der Waals surface area contributed by atoms with Crippen molar-refractivity contribution in [3.8, 4) is 0 Å². The first-order valence-electron chi connectivity index (χ1n) is 9.00. The SMILES string of the molecule is CC[C@@]1(O)C(=O)OCC2=CCN3CC[C@@H](OC(=O)[C@H](C(C)C)[C@@H]1O)[C@H]23. The third kappa shape index (κ3) is 2.98. The number of ether oxygens (including phenoxy) is 2. The molecular weight excluding hydrogens is 326 g/mol. The van der Waals surface area contributed by atoms with Gasteiger partial charge >= 0.3 is 11.9 Å². The van der Waals surface area contributed by atoms with Crippen LogP contribution in [0.2, 0.25) is 0 Å². The zero-order valence-electron chi connectivity index (χ0n) is 15.0. The minimum atomic E-state index is -2.13. The molecule has 5 atom stereocenters. The quantitative estimate of drug-likeness (QED) is 0.542. The Bertz CT molecular complexity index is 588. The molecule has 0 amide bonds. The highest BCUT2D eigenvalue weighted by Crippen LogP contribution is 2.35. The van der Waals surface area contributed by atoms with Crippen molar-refractivity contribution in [2.24, 2.45) is 11.8 Å². The molecule has 0 saturated carbocycles. The van der Waals surface area contributed by atoms with Crippen molar-refractivity contribution in [2.75, 3.05) is 19.7 Å². The topological polar surface area (TPSA) is 96.3 Å². The van der Waals surface area contributed by atoms with Gasteiger partial charge in [0.15, 0.2) is 5.60 Å². The number of cyclic esters (lactones) is 1. The van der Waals surface area contributed by atoms with Crippen molar-refractivity contribution in [1.29, 1.82) is 0 Å². The van der Waals surface area contributed by atoms with E-state index in [9.17, 15) is 19.8 Å². The number of hydrogen-bond acceptors (Lipinski definition) is 7. The van der Waals surface area contributed by atoms with Gasteiger partial charge in [-0.2, -0.15) is 0 Å². The lowest BCUT2D eigenvalue weighted by atomic mass is 9.79. The van der Waals surface area contributed by atoms with E-state index in [0.29, 0.717) is 6.42 Å². The van der Waals surface area contributed by atoms with Crippen LogP contribution in [-0.4, -0.2) is 70.6 Å². The minimum Gasteiger partial charge on any atom is -0.460 e. The third-order valence-electron chi connectivity index (χ3n) is 5.76. The number of esters is 2. The number of carbonyl (C=O) groups is 2. The fraction of sp³-hybridized carbons (Fsp3) is 0.778. The van der Waals surface area contributed by atoms with E-state index in [2.05, 4.69) is 4.90 Å². The summed E-state index contributed by atoms with van der Waals surface area (Å²) in [6.45, 7) is 6.69. The van der Waals surface area contributed by atoms with Crippen LogP contribution in [0.15, 0.2) is 11.6 Å². The van der Waals surface area contributed by atoms with Crippen molar-refractivity contribution in [2.45, 2.75) is 57.5 Å². The predicted molar refractivity (Wildman–Crippen MR) is 88.5 cm³/mol. The number of nitrogens with zero attached hydrogens (tertiary/aromatic N) is 1. The summed E-state index contributed by atoms with van der Waals surface area (Å²) >= 11 is 0. The molecule has 25 heavy (non-hydrogen) atoms. The second-order valence-electron chi connectivity index (χ2n) is 7.55. The Hall–Kier alpha value is -1.44. The van der Waals surface area contributed by atoms with Gasteiger partial charge in [0.1, 0.15) is 18.8 Å². The number of carbonyl (C=O) groups excluding carboxylic acids is 2. The van der Waals surface area contributed by atoms with Crippen LogP contribution in [0, 0.1) is 11.8 Å². The molecule has 2 saturated heterocycles. The van der Waals surface area contributed by atoms with E-state index in [1.54, 1.807) is 20.8 Å². The number of rotatable bonds is 2. The van der Waals surface area contributed by atoms with Gasteiger partial charge in [-0.25, -0.2) is 4.79 Å².